The molecule has 106 valence electrons. The van der Waals surface area contributed by atoms with Crippen LogP contribution in [0.1, 0.15) is 22.3 Å². The summed E-state index contributed by atoms with van der Waals surface area (Å²) >= 11 is 0. The van der Waals surface area contributed by atoms with Crippen LogP contribution in [0.15, 0.2) is 71.7 Å². The summed E-state index contributed by atoms with van der Waals surface area (Å²) in [6, 6.07) is 23.4. The van der Waals surface area contributed by atoms with Gasteiger partial charge in [-0.1, -0.05) is 66.7 Å². The summed E-state index contributed by atoms with van der Waals surface area (Å²) in [6.45, 7) is 4.25. The molecule has 0 unspecified atom stereocenters. The van der Waals surface area contributed by atoms with Crippen LogP contribution in [0.5, 0.6) is 0 Å². The van der Waals surface area contributed by atoms with Gasteiger partial charge in [-0.05, 0) is 36.1 Å². The fourth-order valence-electron chi connectivity index (χ4n) is 3.21. The van der Waals surface area contributed by atoms with Gasteiger partial charge in [-0.25, -0.2) is 4.99 Å². The second-order valence-corrected chi connectivity index (χ2v) is 5.79. The monoisotopic (exact) mass is 283 g/mol. The molecule has 4 rings (SSSR count). The van der Waals surface area contributed by atoms with Crippen molar-refractivity contribution in [2.75, 3.05) is 0 Å². The minimum Gasteiger partial charge on any atom is -0.247 e. The fraction of sp³-hybridized carbons (Fsp3) is 0.0952. The van der Waals surface area contributed by atoms with Crippen LogP contribution >= 0.6 is 0 Å². The zero-order valence-corrected chi connectivity index (χ0v) is 12.8. The van der Waals surface area contributed by atoms with E-state index in [2.05, 4.69) is 80.6 Å². The van der Waals surface area contributed by atoms with Gasteiger partial charge in [0.15, 0.2) is 0 Å². The zero-order chi connectivity index (χ0) is 15.1. The van der Waals surface area contributed by atoms with Gasteiger partial charge in [-0.15, -0.1) is 0 Å². The summed E-state index contributed by atoms with van der Waals surface area (Å²) in [7, 11) is 0. The molecule has 1 nitrogen and oxygen atoms in total. The highest BCUT2D eigenvalue weighted by Gasteiger charge is 2.24. The highest BCUT2D eigenvalue weighted by Crippen LogP contribution is 2.38. The summed E-state index contributed by atoms with van der Waals surface area (Å²) < 4.78 is 0. The van der Waals surface area contributed by atoms with Gasteiger partial charge in [0, 0.05) is 11.1 Å². The van der Waals surface area contributed by atoms with Crippen LogP contribution < -0.4 is 0 Å². The van der Waals surface area contributed by atoms with Crippen molar-refractivity contribution in [2.45, 2.75) is 13.8 Å². The van der Waals surface area contributed by atoms with Crippen molar-refractivity contribution in [3.63, 3.8) is 0 Å². The van der Waals surface area contributed by atoms with Crippen molar-refractivity contribution < 1.29 is 0 Å². The Balaban J connectivity index is 2.01. The lowest BCUT2D eigenvalue weighted by molar-refractivity contribution is 1.33. The maximum absolute atomic E-state index is 5.06. The molecule has 1 aliphatic carbocycles. The molecule has 0 atom stereocenters. The van der Waals surface area contributed by atoms with Crippen molar-refractivity contribution >= 4 is 11.4 Å². The molecule has 0 spiro atoms. The van der Waals surface area contributed by atoms with E-state index in [1.165, 1.54) is 33.4 Å². The molecule has 0 fully saturated rings. The molecule has 0 aromatic heterocycles. The van der Waals surface area contributed by atoms with E-state index in [0.717, 1.165) is 11.4 Å². The summed E-state index contributed by atoms with van der Waals surface area (Å²) in [6.07, 6.45) is 0. The van der Waals surface area contributed by atoms with Crippen LogP contribution in [0.2, 0.25) is 0 Å². The largest absolute Gasteiger partial charge is 0.247 e. The van der Waals surface area contributed by atoms with Gasteiger partial charge in [0.1, 0.15) is 0 Å². The van der Waals surface area contributed by atoms with Crippen LogP contribution in [-0.2, 0) is 0 Å². The van der Waals surface area contributed by atoms with E-state index < -0.39 is 0 Å². The van der Waals surface area contributed by atoms with Crippen LogP contribution in [0.4, 0.5) is 5.69 Å². The molecule has 0 saturated carbocycles. The third-order valence-electron chi connectivity index (χ3n) is 4.32. The molecule has 0 bridgehead atoms. The van der Waals surface area contributed by atoms with Gasteiger partial charge < -0.3 is 0 Å². The van der Waals surface area contributed by atoms with Crippen LogP contribution in [-0.4, -0.2) is 5.71 Å². The van der Waals surface area contributed by atoms with Gasteiger partial charge in [-0.2, -0.15) is 0 Å². The molecule has 0 N–H and O–H groups in total. The number of hydrogen-bond donors (Lipinski definition) is 0. The SMILES string of the molecule is Cc1cccc(C)c1N=C1c2ccccc2-c2ccccc21. The third kappa shape index (κ3) is 1.90. The Morgan fingerprint density at radius 3 is 1.50 bits per heavy atom. The van der Waals surface area contributed by atoms with E-state index >= 15 is 0 Å². The first-order chi connectivity index (χ1) is 10.8. The first-order valence-corrected chi connectivity index (χ1v) is 7.60. The van der Waals surface area contributed by atoms with E-state index in [4.69, 9.17) is 4.99 Å². The molecule has 0 amide bonds. The Morgan fingerprint density at radius 1 is 0.545 bits per heavy atom. The van der Waals surface area contributed by atoms with Crippen LogP contribution in [0, 0.1) is 13.8 Å². The lowest BCUT2D eigenvalue weighted by atomic mass is 10.1. The van der Waals surface area contributed by atoms with Crippen molar-refractivity contribution in [2.24, 2.45) is 4.99 Å². The summed E-state index contributed by atoms with van der Waals surface area (Å²) in [5.41, 5.74) is 9.63. The summed E-state index contributed by atoms with van der Waals surface area (Å²) in [5.74, 6) is 0. The van der Waals surface area contributed by atoms with Gasteiger partial charge in [0.25, 0.3) is 0 Å². The minimum absolute atomic E-state index is 1.09. The molecule has 0 heterocycles. The summed E-state index contributed by atoms with van der Waals surface area (Å²) in [4.78, 5) is 5.06. The molecule has 3 aromatic rings. The topological polar surface area (TPSA) is 12.4 Å². The molecule has 0 saturated heterocycles. The number of rotatable bonds is 1. The average molecular weight is 283 g/mol. The second kappa shape index (κ2) is 4.96. The van der Waals surface area contributed by atoms with E-state index in [1.54, 1.807) is 0 Å². The Labute approximate surface area is 131 Å². The van der Waals surface area contributed by atoms with E-state index in [-0.39, 0.29) is 0 Å². The van der Waals surface area contributed by atoms with Gasteiger partial charge in [0.05, 0.1) is 11.4 Å². The predicted octanol–water partition coefficient (Wildman–Crippen LogP) is 5.45. The highest BCUT2D eigenvalue weighted by molar-refractivity contribution is 6.25. The number of aryl methyl sites for hydroxylation is 2. The van der Waals surface area contributed by atoms with Crippen molar-refractivity contribution in [3.8, 4) is 11.1 Å². The van der Waals surface area contributed by atoms with E-state index in [1.807, 2.05) is 0 Å². The smallest absolute Gasteiger partial charge is 0.0794 e. The Bertz CT molecular complexity index is 836. The maximum Gasteiger partial charge on any atom is 0.0794 e. The third-order valence-corrected chi connectivity index (χ3v) is 4.32. The van der Waals surface area contributed by atoms with Crippen molar-refractivity contribution in [3.05, 3.63) is 89.0 Å². The van der Waals surface area contributed by atoms with Crippen LogP contribution in [0.3, 0.4) is 0 Å². The first kappa shape index (κ1) is 13.0. The Hall–Kier alpha value is -2.67. The van der Waals surface area contributed by atoms with E-state index in [9.17, 15) is 0 Å². The van der Waals surface area contributed by atoms with Crippen molar-refractivity contribution in [1.82, 2.24) is 0 Å². The normalized spacial score (nSPS) is 12.0. The van der Waals surface area contributed by atoms with Crippen LogP contribution in [0.25, 0.3) is 11.1 Å². The first-order valence-electron chi connectivity index (χ1n) is 7.60. The van der Waals surface area contributed by atoms with Gasteiger partial charge in [0.2, 0.25) is 0 Å². The minimum atomic E-state index is 1.09. The van der Waals surface area contributed by atoms with Crippen molar-refractivity contribution in [1.29, 1.82) is 0 Å². The van der Waals surface area contributed by atoms with Gasteiger partial charge >= 0.3 is 0 Å². The number of fused-ring (bicyclic) bond motifs is 3. The average Bonchev–Trinajstić information content (AvgIpc) is 2.86. The molecule has 0 aliphatic heterocycles. The number of nitrogens with zero attached hydrogens (tertiary/aromatic N) is 1. The molecule has 0 radical (unpaired) electrons. The predicted molar refractivity (Wildman–Crippen MR) is 93.1 cm³/mol. The standard InChI is InChI=1S/C21H17N/c1-14-8-7-9-15(2)20(14)22-21-18-12-5-3-10-16(18)17-11-4-6-13-19(17)21/h3-13H,1-2H3. The quantitative estimate of drug-likeness (QED) is 0.440. The molecule has 3 aromatic carbocycles. The lowest BCUT2D eigenvalue weighted by Crippen LogP contribution is -1.98. The maximum atomic E-state index is 5.06. The molecular formula is C21H17N. The van der Waals surface area contributed by atoms with Gasteiger partial charge in [-0.3, -0.25) is 0 Å². The molecule has 22 heavy (non-hydrogen) atoms. The Kier molecular flexibility index (Phi) is 2.93. The number of benzene rings is 3. The Morgan fingerprint density at radius 2 is 1.00 bits per heavy atom. The number of hydrogen-bond acceptors (Lipinski definition) is 1. The second-order valence-electron chi connectivity index (χ2n) is 5.79. The zero-order valence-electron chi connectivity index (χ0n) is 12.8. The fourth-order valence-corrected chi connectivity index (χ4v) is 3.21. The highest BCUT2D eigenvalue weighted by atomic mass is 14.8. The number of aliphatic imine (C=N–C) groups is 1. The molecule has 1 heteroatoms. The number of para-hydroxylation sites is 1. The summed E-state index contributed by atoms with van der Waals surface area (Å²) in [5, 5.41) is 0. The lowest BCUT2D eigenvalue weighted by Gasteiger charge is -2.07. The molecule has 1 aliphatic rings. The molecular weight excluding hydrogens is 266 g/mol. The van der Waals surface area contributed by atoms with E-state index in [0.29, 0.717) is 0 Å².